The van der Waals surface area contributed by atoms with Gasteiger partial charge in [0.15, 0.2) is 29.0 Å². The van der Waals surface area contributed by atoms with Crippen LogP contribution in [-0.4, -0.2) is 52.0 Å². The van der Waals surface area contributed by atoms with Gasteiger partial charge in [0.2, 0.25) is 0 Å². The lowest BCUT2D eigenvalue weighted by atomic mass is 9.95. The number of hydrogen-bond donors (Lipinski definition) is 1. The van der Waals surface area contributed by atoms with Crippen molar-refractivity contribution in [3.8, 4) is 11.6 Å². The van der Waals surface area contributed by atoms with Gasteiger partial charge in [-0.05, 0) is 38.8 Å². The third-order valence-electron chi connectivity index (χ3n) is 5.92. The van der Waals surface area contributed by atoms with Crippen molar-refractivity contribution >= 4 is 6.09 Å². The minimum Gasteiger partial charge on any atom is -0.465 e. The second-order valence-corrected chi connectivity index (χ2v) is 9.48. The molecule has 0 radical (unpaired) electrons. The van der Waals surface area contributed by atoms with Crippen molar-refractivity contribution in [2.75, 3.05) is 0 Å². The number of rotatable bonds is 5. The molecule has 8 nitrogen and oxygen atoms in total. The summed E-state index contributed by atoms with van der Waals surface area (Å²) in [6.07, 6.45) is -5.54. The molecule has 0 fully saturated rings. The van der Waals surface area contributed by atoms with Crippen LogP contribution in [0.15, 0.2) is 18.3 Å². The van der Waals surface area contributed by atoms with Gasteiger partial charge < -0.3 is 14.2 Å². The van der Waals surface area contributed by atoms with Crippen LogP contribution in [0.3, 0.4) is 0 Å². The fraction of sp³-hybridized carbons (Fsp3) is 0.455. The van der Waals surface area contributed by atoms with E-state index in [2.05, 4.69) is 15.2 Å². The predicted molar refractivity (Wildman–Crippen MR) is 113 cm³/mol. The minimum absolute atomic E-state index is 0.0403. The number of alkyl halides is 3. The molecule has 0 saturated heterocycles. The third kappa shape index (κ3) is 4.75. The molecule has 0 aliphatic carbocycles. The van der Waals surface area contributed by atoms with Crippen LogP contribution < -0.4 is 0 Å². The Morgan fingerprint density at radius 1 is 1.03 bits per heavy atom. The number of halogens is 6. The average Bonchev–Trinajstić information content (AvgIpc) is 3.34. The molecule has 1 atom stereocenters. The quantitative estimate of drug-likeness (QED) is 0.398. The maximum atomic E-state index is 14.5. The average molecular weight is 516 g/mol. The molecule has 3 heterocycles. The van der Waals surface area contributed by atoms with E-state index in [9.17, 15) is 36.2 Å². The molecule has 3 aromatic rings. The maximum absolute atomic E-state index is 14.5. The Bertz CT molecular complexity index is 1310. The predicted octanol–water partition coefficient (Wildman–Crippen LogP) is 4.52. The highest BCUT2D eigenvalue weighted by Gasteiger charge is 2.38. The molecular formula is C22H22F6N6O2. The van der Waals surface area contributed by atoms with E-state index in [-0.39, 0.29) is 49.0 Å². The van der Waals surface area contributed by atoms with E-state index in [1.807, 2.05) is 0 Å². The summed E-state index contributed by atoms with van der Waals surface area (Å²) in [5.74, 6) is -3.43. The smallest absolute Gasteiger partial charge is 0.434 e. The molecule has 0 unspecified atom stereocenters. The fourth-order valence-corrected chi connectivity index (χ4v) is 4.43. The molecule has 2 aromatic heterocycles. The number of fused-ring (bicyclic) bond motifs is 3. The first-order valence-corrected chi connectivity index (χ1v) is 10.9. The molecule has 1 aliphatic heterocycles. The van der Waals surface area contributed by atoms with E-state index in [4.69, 9.17) is 0 Å². The lowest BCUT2D eigenvalue weighted by molar-refractivity contribution is -0.140. The molecule has 0 spiro atoms. The molecule has 36 heavy (non-hydrogen) atoms. The van der Waals surface area contributed by atoms with E-state index in [0.29, 0.717) is 12.1 Å². The van der Waals surface area contributed by atoms with Crippen LogP contribution >= 0.6 is 0 Å². The first kappa shape index (κ1) is 25.5. The lowest BCUT2D eigenvalue weighted by Gasteiger charge is -2.39. The summed E-state index contributed by atoms with van der Waals surface area (Å²) in [6, 6.07) is 0.0679. The number of amides is 1. The van der Waals surface area contributed by atoms with Gasteiger partial charge in [0.1, 0.15) is 11.6 Å². The molecule has 194 valence electrons. The minimum atomic E-state index is -4.65. The highest BCUT2D eigenvalue weighted by molar-refractivity contribution is 5.66. The van der Waals surface area contributed by atoms with Crippen LogP contribution in [0.2, 0.25) is 0 Å². The molecule has 1 aromatic carbocycles. The number of hydrogen-bond acceptors (Lipinski definition) is 4. The molecule has 1 amide bonds. The topological polar surface area (TPSA) is 89.1 Å². The van der Waals surface area contributed by atoms with Gasteiger partial charge in [-0.25, -0.2) is 22.9 Å². The van der Waals surface area contributed by atoms with Crippen molar-refractivity contribution in [3.63, 3.8) is 0 Å². The fourth-order valence-electron chi connectivity index (χ4n) is 4.43. The van der Waals surface area contributed by atoms with Crippen molar-refractivity contribution in [2.45, 2.75) is 64.5 Å². The normalized spacial score (nSPS) is 14.4. The van der Waals surface area contributed by atoms with E-state index < -0.39 is 47.0 Å². The van der Waals surface area contributed by atoms with Crippen LogP contribution in [0, 0.1) is 17.5 Å². The highest BCUT2D eigenvalue weighted by atomic mass is 19.4. The number of carboxylic acid groups (broad SMARTS) is 1. The zero-order valence-electron chi connectivity index (χ0n) is 19.4. The van der Waals surface area contributed by atoms with Gasteiger partial charge in [0.25, 0.3) is 0 Å². The standard InChI is InChI=1S/C22H22F6N6O2/c1-21(2,3)34(20(35)36)12(6-11-7-14(24)15(25)9-13(11)23)8-17-30-31-19-18-29-16(22(26,27)28)10-32(18)4-5-33(17)19/h7,9-10,12H,4-6,8H2,1-3H3,(H,35,36)/t12-/m1/s1. The van der Waals surface area contributed by atoms with Gasteiger partial charge in [-0.1, -0.05) is 0 Å². The summed E-state index contributed by atoms with van der Waals surface area (Å²) in [5, 5.41) is 18.0. The van der Waals surface area contributed by atoms with Crippen molar-refractivity contribution in [1.29, 1.82) is 0 Å². The number of aryl methyl sites for hydroxylation is 1. The number of imidazole rings is 1. The summed E-state index contributed by atoms with van der Waals surface area (Å²) in [7, 11) is 0. The summed E-state index contributed by atoms with van der Waals surface area (Å²) >= 11 is 0. The van der Waals surface area contributed by atoms with Gasteiger partial charge in [-0.2, -0.15) is 13.2 Å². The lowest BCUT2D eigenvalue weighted by Crippen LogP contribution is -2.53. The summed E-state index contributed by atoms with van der Waals surface area (Å²) in [4.78, 5) is 16.9. The summed E-state index contributed by atoms with van der Waals surface area (Å²) in [5.41, 5.74) is -2.29. The van der Waals surface area contributed by atoms with Gasteiger partial charge in [0.05, 0.1) is 0 Å². The number of carbonyl (C=O) groups is 1. The van der Waals surface area contributed by atoms with E-state index >= 15 is 0 Å². The van der Waals surface area contributed by atoms with Crippen molar-refractivity contribution in [1.82, 2.24) is 29.2 Å². The van der Waals surface area contributed by atoms with Gasteiger partial charge >= 0.3 is 12.3 Å². The molecular weight excluding hydrogens is 494 g/mol. The zero-order chi connectivity index (χ0) is 26.6. The largest absolute Gasteiger partial charge is 0.465 e. The van der Waals surface area contributed by atoms with Crippen LogP contribution in [0.4, 0.5) is 31.1 Å². The van der Waals surface area contributed by atoms with Gasteiger partial charge in [-0.3, -0.25) is 4.90 Å². The van der Waals surface area contributed by atoms with Crippen molar-refractivity contribution in [2.24, 2.45) is 0 Å². The Hall–Kier alpha value is -3.58. The zero-order valence-corrected chi connectivity index (χ0v) is 19.4. The van der Waals surface area contributed by atoms with Crippen LogP contribution in [0.25, 0.3) is 11.6 Å². The maximum Gasteiger partial charge on any atom is 0.434 e. The molecule has 1 N–H and O–H groups in total. The molecule has 4 rings (SSSR count). The molecule has 1 aliphatic rings. The molecule has 0 bridgehead atoms. The molecule has 14 heteroatoms. The van der Waals surface area contributed by atoms with E-state index in [1.165, 1.54) is 9.13 Å². The number of benzene rings is 1. The first-order valence-electron chi connectivity index (χ1n) is 10.9. The summed E-state index contributed by atoms with van der Waals surface area (Å²) < 4.78 is 84.0. The van der Waals surface area contributed by atoms with Crippen LogP contribution in [0.5, 0.6) is 0 Å². The van der Waals surface area contributed by atoms with Crippen LogP contribution in [-0.2, 0) is 32.1 Å². The first-order chi connectivity index (χ1) is 16.7. The Morgan fingerprint density at radius 3 is 2.31 bits per heavy atom. The number of aromatic nitrogens is 5. The number of nitrogens with zero attached hydrogens (tertiary/aromatic N) is 6. The second kappa shape index (κ2) is 8.82. The van der Waals surface area contributed by atoms with Gasteiger partial charge in [-0.15, -0.1) is 10.2 Å². The second-order valence-electron chi connectivity index (χ2n) is 9.48. The Morgan fingerprint density at radius 2 is 1.69 bits per heavy atom. The Balaban J connectivity index is 1.73. The Labute approximate surface area is 201 Å². The van der Waals surface area contributed by atoms with E-state index in [0.717, 1.165) is 11.1 Å². The SMILES string of the molecule is CC(C)(C)N(C(=O)O)[C@H](Cc1cc(F)c(F)cc1F)Cc1nnc2n1CCn1cc(C(F)(F)F)nc1-2. The highest BCUT2D eigenvalue weighted by Crippen LogP contribution is 2.33. The summed E-state index contributed by atoms with van der Waals surface area (Å²) in [6.45, 7) is 5.17. The van der Waals surface area contributed by atoms with Crippen molar-refractivity contribution in [3.05, 3.63) is 52.9 Å². The van der Waals surface area contributed by atoms with E-state index in [1.54, 1.807) is 20.8 Å². The van der Waals surface area contributed by atoms with Gasteiger partial charge in [0, 0.05) is 43.4 Å². The van der Waals surface area contributed by atoms with Crippen LogP contribution in [0.1, 0.15) is 37.9 Å². The monoisotopic (exact) mass is 516 g/mol. The molecule has 0 saturated carbocycles. The van der Waals surface area contributed by atoms with Crippen molar-refractivity contribution < 1.29 is 36.2 Å². The third-order valence-corrected chi connectivity index (χ3v) is 5.92. The Kier molecular flexibility index (Phi) is 6.25.